The van der Waals surface area contributed by atoms with Gasteiger partial charge in [0, 0.05) is 5.38 Å². The third-order valence-corrected chi connectivity index (χ3v) is 3.04. The molecule has 0 aromatic carbocycles. The molecule has 0 saturated carbocycles. The summed E-state index contributed by atoms with van der Waals surface area (Å²) in [6.45, 7) is 5.77. The molecule has 0 amide bonds. The van der Waals surface area contributed by atoms with Gasteiger partial charge in [0.1, 0.15) is 0 Å². The van der Waals surface area contributed by atoms with Crippen LogP contribution in [-0.2, 0) is 0 Å². The van der Waals surface area contributed by atoms with Crippen molar-refractivity contribution in [3.8, 4) is 0 Å². The Morgan fingerprint density at radius 1 is 1.71 bits per heavy atom. The summed E-state index contributed by atoms with van der Waals surface area (Å²) in [5.74, 6) is 0. The molecule has 0 saturated heterocycles. The van der Waals surface area contributed by atoms with Gasteiger partial charge >= 0.3 is 0 Å². The van der Waals surface area contributed by atoms with E-state index in [1.54, 1.807) is 11.3 Å². The Morgan fingerprint density at radius 3 is 3.00 bits per heavy atom. The van der Waals surface area contributed by atoms with Crippen LogP contribution in [0.1, 0.15) is 36.0 Å². The lowest BCUT2D eigenvalue weighted by molar-refractivity contribution is 0.520. The molecule has 14 heavy (non-hydrogen) atoms. The van der Waals surface area contributed by atoms with Gasteiger partial charge in [0.05, 0.1) is 16.7 Å². The number of allylic oxidation sites excluding steroid dienone is 1. The van der Waals surface area contributed by atoms with Crippen molar-refractivity contribution >= 4 is 11.3 Å². The first kappa shape index (κ1) is 11.4. The van der Waals surface area contributed by atoms with Crippen molar-refractivity contribution in [2.24, 2.45) is 0 Å². The van der Waals surface area contributed by atoms with Crippen LogP contribution in [0.5, 0.6) is 0 Å². The van der Waals surface area contributed by atoms with Crippen LogP contribution in [0.15, 0.2) is 18.0 Å². The molecule has 0 bridgehead atoms. The van der Waals surface area contributed by atoms with E-state index in [0.717, 1.165) is 17.8 Å². The Morgan fingerprint density at radius 2 is 2.50 bits per heavy atom. The van der Waals surface area contributed by atoms with Gasteiger partial charge in [-0.05, 0) is 33.2 Å². The van der Waals surface area contributed by atoms with E-state index in [1.165, 1.54) is 12.1 Å². The number of rotatable bonds is 6. The fourth-order valence-electron chi connectivity index (χ4n) is 1.45. The molecule has 0 aliphatic rings. The largest absolute Gasteiger partial charge is 0.312 e. The zero-order chi connectivity index (χ0) is 10.4. The predicted molar refractivity (Wildman–Crippen MR) is 62.7 cm³/mol. The first-order valence-electron chi connectivity index (χ1n) is 4.98. The predicted octanol–water partition coefficient (Wildman–Crippen LogP) is 3.07. The van der Waals surface area contributed by atoms with Gasteiger partial charge < -0.3 is 5.32 Å². The van der Waals surface area contributed by atoms with E-state index in [-0.39, 0.29) is 0 Å². The molecule has 0 aliphatic carbocycles. The molecule has 1 heterocycles. The second-order valence-electron chi connectivity index (χ2n) is 3.35. The molecule has 0 radical (unpaired) electrons. The smallest absolute Gasteiger partial charge is 0.0898 e. The fraction of sp³-hybridized carbons (Fsp3) is 0.545. The van der Waals surface area contributed by atoms with E-state index < -0.39 is 0 Å². The fourth-order valence-corrected chi connectivity index (χ4v) is 2.11. The molecule has 2 nitrogen and oxygen atoms in total. The first-order valence-corrected chi connectivity index (χ1v) is 5.86. The minimum Gasteiger partial charge on any atom is -0.312 e. The topological polar surface area (TPSA) is 24.9 Å². The lowest BCUT2D eigenvalue weighted by atomic mass is 10.1. The van der Waals surface area contributed by atoms with Crippen molar-refractivity contribution in [1.82, 2.24) is 10.3 Å². The first-order chi connectivity index (χ1) is 6.77. The second-order valence-corrected chi connectivity index (χ2v) is 4.41. The number of unbranched alkanes of at least 4 members (excludes halogenated alkanes) is 1. The van der Waals surface area contributed by atoms with Gasteiger partial charge in [0.25, 0.3) is 0 Å². The summed E-state index contributed by atoms with van der Waals surface area (Å²) in [5.41, 5.74) is 1.18. The number of aromatic nitrogens is 1. The van der Waals surface area contributed by atoms with Crippen molar-refractivity contribution in [3.63, 3.8) is 0 Å². The lowest BCUT2D eigenvalue weighted by Crippen LogP contribution is -2.16. The molecular formula is C11H18N2S. The standard InChI is InChI=1S/C11H18N2S/c1-4-5-6-7-10(12-3)11-8-14-9(2)13-11/h4,8,10,12H,1,5-7H2,2-3H3. The van der Waals surface area contributed by atoms with Gasteiger partial charge in [0.2, 0.25) is 0 Å². The molecule has 78 valence electrons. The van der Waals surface area contributed by atoms with E-state index in [4.69, 9.17) is 0 Å². The summed E-state index contributed by atoms with van der Waals surface area (Å²) >= 11 is 1.72. The highest BCUT2D eigenvalue weighted by Gasteiger charge is 2.10. The van der Waals surface area contributed by atoms with Crippen molar-refractivity contribution in [2.45, 2.75) is 32.2 Å². The van der Waals surface area contributed by atoms with Crippen molar-refractivity contribution in [2.75, 3.05) is 7.05 Å². The van der Waals surface area contributed by atoms with Gasteiger partial charge in [-0.3, -0.25) is 0 Å². The third kappa shape index (κ3) is 3.24. The van der Waals surface area contributed by atoms with Crippen LogP contribution >= 0.6 is 11.3 Å². The SMILES string of the molecule is C=CCCCC(NC)c1csc(C)n1. The Labute approximate surface area is 90.1 Å². The Bertz CT molecular complexity index is 281. The normalized spacial score (nSPS) is 12.7. The molecule has 0 spiro atoms. The number of hydrogen-bond donors (Lipinski definition) is 1. The van der Waals surface area contributed by atoms with Gasteiger partial charge in [0.15, 0.2) is 0 Å². The Balaban J connectivity index is 2.49. The maximum Gasteiger partial charge on any atom is 0.0898 e. The minimum atomic E-state index is 0.403. The number of thiazole rings is 1. The Kier molecular flexibility index (Phi) is 4.84. The average molecular weight is 210 g/mol. The van der Waals surface area contributed by atoms with Crippen LogP contribution in [0.4, 0.5) is 0 Å². The summed E-state index contributed by atoms with van der Waals surface area (Å²) in [6.07, 6.45) is 5.36. The van der Waals surface area contributed by atoms with E-state index in [0.29, 0.717) is 6.04 Å². The maximum atomic E-state index is 4.49. The average Bonchev–Trinajstić information content (AvgIpc) is 2.60. The number of hydrogen-bond acceptors (Lipinski definition) is 3. The molecule has 0 aliphatic heterocycles. The molecule has 1 rings (SSSR count). The van der Waals surface area contributed by atoms with Crippen LogP contribution in [0.25, 0.3) is 0 Å². The van der Waals surface area contributed by atoms with E-state index in [9.17, 15) is 0 Å². The molecule has 1 N–H and O–H groups in total. The van der Waals surface area contributed by atoms with Crippen LogP contribution in [-0.4, -0.2) is 12.0 Å². The molecule has 0 fully saturated rings. The lowest BCUT2D eigenvalue weighted by Gasteiger charge is -2.12. The molecule has 1 unspecified atom stereocenters. The maximum absolute atomic E-state index is 4.49. The Hall–Kier alpha value is -0.670. The molecule has 1 aromatic heterocycles. The highest BCUT2D eigenvalue weighted by atomic mass is 32.1. The summed E-state index contributed by atoms with van der Waals surface area (Å²) in [5, 5.41) is 6.59. The minimum absolute atomic E-state index is 0.403. The summed E-state index contributed by atoms with van der Waals surface area (Å²) < 4.78 is 0. The molecule has 3 heteroatoms. The summed E-state index contributed by atoms with van der Waals surface area (Å²) in [7, 11) is 1.99. The zero-order valence-corrected chi connectivity index (χ0v) is 9.73. The zero-order valence-electron chi connectivity index (χ0n) is 8.92. The molecule has 1 atom stereocenters. The van der Waals surface area contributed by atoms with Gasteiger partial charge in [-0.15, -0.1) is 17.9 Å². The summed E-state index contributed by atoms with van der Waals surface area (Å²) in [6, 6.07) is 0.403. The number of nitrogens with zero attached hydrogens (tertiary/aromatic N) is 1. The monoisotopic (exact) mass is 210 g/mol. The van der Waals surface area contributed by atoms with Crippen molar-refractivity contribution in [3.05, 3.63) is 28.7 Å². The molecular weight excluding hydrogens is 192 g/mol. The third-order valence-electron chi connectivity index (χ3n) is 2.24. The number of nitrogens with one attached hydrogen (secondary N) is 1. The quantitative estimate of drug-likeness (QED) is 0.576. The van der Waals surface area contributed by atoms with Crippen LogP contribution < -0.4 is 5.32 Å². The highest BCUT2D eigenvalue weighted by Crippen LogP contribution is 2.20. The van der Waals surface area contributed by atoms with Gasteiger partial charge in [-0.25, -0.2) is 4.98 Å². The van der Waals surface area contributed by atoms with Gasteiger partial charge in [-0.2, -0.15) is 0 Å². The van der Waals surface area contributed by atoms with E-state index in [2.05, 4.69) is 22.3 Å². The number of aryl methyl sites for hydroxylation is 1. The van der Waals surface area contributed by atoms with Crippen LogP contribution in [0, 0.1) is 6.92 Å². The van der Waals surface area contributed by atoms with E-state index in [1.807, 2.05) is 20.0 Å². The second kappa shape index (κ2) is 5.94. The van der Waals surface area contributed by atoms with Crippen LogP contribution in [0.3, 0.4) is 0 Å². The van der Waals surface area contributed by atoms with Gasteiger partial charge in [-0.1, -0.05) is 6.08 Å². The highest BCUT2D eigenvalue weighted by molar-refractivity contribution is 7.09. The van der Waals surface area contributed by atoms with Crippen LogP contribution in [0.2, 0.25) is 0 Å². The van der Waals surface area contributed by atoms with Crippen molar-refractivity contribution < 1.29 is 0 Å². The van der Waals surface area contributed by atoms with Crippen molar-refractivity contribution in [1.29, 1.82) is 0 Å². The summed E-state index contributed by atoms with van der Waals surface area (Å²) in [4.78, 5) is 4.49. The molecule has 1 aromatic rings. The van der Waals surface area contributed by atoms with E-state index >= 15 is 0 Å².